The lowest BCUT2D eigenvalue weighted by Crippen LogP contribution is -2.09. The molecule has 0 saturated carbocycles. The fraction of sp³-hybridized carbons (Fsp3) is 0.120. The maximum atomic E-state index is 9.85. The highest BCUT2D eigenvalue weighted by atomic mass is 32.1. The molecule has 0 amide bonds. The minimum absolute atomic E-state index is 0.0296. The van der Waals surface area contributed by atoms with Crippen LogP contribution in [0.25, 0.3) is 26.8 Å². The third kappa shape index (κ3) is 4.34. The number of hydrogen-bond acceptors (Lipinski definition) is 8. The lowest BCUT2D eigenvalue weighted by atomic mass is 10.1. The molecule has 0 aliphatic carbocycles. The van der Waals surface area contributed by atoms with E-state index < -0.39 is 0 Å². The van der Waals surface area contributed by atoms with Gasteiger partial charge in [0.05, 0.1) is 17.3 Å². The third-order valence-electron chi connectivity index (χ3n) is 5.27. The molecule has 7 nitrogen and oxygen atoms in total. The van der Waals surface area contributed by atoms with Gasteiger partial charge in [0.25, 0.3) is 0 Å². The summed E-state index contributed by atoms with van der Waals surface area (Å²) < 4.78 is 1.81. The highest BCUT2D eigenvalue weighted by molar-refractivity contribution is 7.13. The van der Waals surface area contributed by atoms with Gasteiger partial charge in [-0.25, -0.2) is 14.6 Å². The van der Waals surface area contributed by atoms with E-state index in [1.165, 1.54) is 11.3 Å². The number of aromatic nitrogens is 4. The molecule has 0 fully saturated rings. The standard InChI is InChI=1S/C25H20N6OS2/c1-16-13-22(31-9-6-21(30-31)25-27-8-12-34-25)18(7-10-32)24(28-16)29-20-5-4-17(15-26)14-19(20)23-3-2-11-33-23/h2-6,8-9,11-14,32H,7,10H2,1H3,(H,28,29). The third-order valence-corrected chi connectivity index (χ3v) is 6.97. The van der Waals surface area contributed by atoms with Crippen LogP contribution in [0, 0.1) is 18.3 Å². The van der Waals surface area contributed by atoms with Crippen molar-refractivity contribution in [3.8, 4) is 32.9 Å². The average molecular weight is 485 g/mol. The molecule has 0 aliphatic rings. The number of aliphatic hydroxyl groups is 1. The maximum absolute atomic E-state index is 9.85. The van der Waals surface area contributed by atoms with Gasteiger partial charge in [-0.15, -0.1) is 22.7 Å². The highest BCUT2D eigenvalue weighted by Gasteiger charge is 2.17. The van der Waals surface area contributed by atoms with Gasteiger partial charge >= 0.3 is 0 Å². The average Bonchev–Trinajstić information content (AvgIpc) is 3.63. The van der Waals surface area contributed by atoms with Crippen LogP contribution in [0.4, 0.5) is 11.5 Å². The van der Waals surface area contributed by atoms with Crippen molar-refractivity contribution in [3.63, 3.8) is 0 Å². The molecule has 4 heterocycles. The molecular weight excluding hydrogens is 464 g/mol. The number of aryl methyl sites for hydroxylation is 1. The van der Waals surface area contributed by atoms with E-state index in [2.05, 4.69) is 16.4 Å². The molecular formula is C25H20N6OS2. The molecule has 5 rings (SSSR count). The minimum atomic E-state index is -0.0296. The predicted molar refractivity (Wildman–Crippen MR) is 136 cm³/mol. The molecule has 34 heavy (non-hydrogen) atoms. The van der Waals surface area contributed by atoms with Crippen LogP contribution >= 0.6 is 22.7 Å². The second-order valence-corrected chi connectivity index (χ2v) is 9.38. The lowest BCUT2D eigenvalue weighted by molar-refractivity contribution is 0.299. The summed E-state index contributed by atoms with van der Waals surface area (Å²) in [5, 5.41) is 32.2. The predicted octanol–water partition coefficient (Wildman–Crippen LogP) is 5.58. The van der Waals surface area contributed by atoms with Crippen LogP contribution in [0.15, 0.2) is 65.6 Å². The van der Waals surface area contributed by atoms with Gasteiger partial charge in [-0.1, -0.05) is 6.07 Å². The minimum Gasteiger partial charge on any atom is -0.396 e. The normalized spacial score (nSPS) is 10.9. The SMILES string of the molecule is Cc1cc(-n2ccc(-c3nccs3)n2)c(CCO)c(Nc2ccc(C#N)cc2-c2cccs2)n1. The van der Waals surface area contributed by atoms with Crippen LogP contribution < -0.4 is 5.32 Å². The first-order valence-electron chi connectivity index (χ1n) is 10.6. The topological polar surface area (TPSA) is 99.6 Å². The molecule has 4 aromatic heterocycles. The fourth-order valence-electron chi connectivity index (χ4n) is 3.76. The fourth-order valence-corrected chi connectivity index (χ4v) is 5.12. The number of nitriles is 1. The Morgan fingerprint density at radius 2 is 2.06 bits per heavy atom. The number of benzene rings is 1. The van der Waals surface area contributed by atoms with Crippen LogP contribution in [0.1, 0.15) is 16.8 Å². The maximum Gasteiger partial charge on any atom is 0.143 e. The summed E-state index contributed by atoms with van der Waals surface area (Å²) in [6.07, 6.45) is 4.06. The first-order chi connectivity index (χ1) is 16.7. The van der Waals surface area contributed by atoms with Gasteiger partial charge < -0.3 is 10.4 Å². The second-order valence-electron chi connectivity index (χ2n) is 7.54. The number of nitrogens with zero attached hydrogens (tertiary/aromatic N) is 5. The van der Waals surface area contributed by atoms with Gasteiger partial charge in [0.1, 0.15) is 16.5 Å². The van der Waals surface area contributed by atoms with Crippen molar-refractivity contribution < 1.29 is 5.11 Å². The van der Waals surface area contributed by atoms with E-state index in [4.69, 9.17) is 10.1 Å². The summed E-state index contributed by atoms with van der Waals surface area (Å²) in [4.78, 5) is 10.2. The molecule has 9 heteroatoms. The molecule has 1 aromatic carbocycles. The zero-order valence-corrected chi connectivity index (χ0v) is 19.9. The molecule has 0 radical (unpaired) electrons. The Hall–Kier alpha value is -3.84. The van der Waals surface area contributed by atoms with Crippen molar-refractivity contribution in [1.82, 2.24) is 19.7 Å². The van der Waals surface area contributed by atoms with E-state index in [-0.39, 0.29) is 6.61 Å². The molecule has 0 spiro atoms. The summed E-state index contributed by atoms with van der Waals surface area (Å²) >= 11 is 3.15. The van der Waals surface area contributed by atoms with Crippen LogP contribution in [0.5, 0.6) is 0 Å². The Kier molecular flexibility index (Phi) is 6.18. The number of thiophene rings is 1. The van der Waals surface area contributed by atoms with Gasteiger partial charge in [-0.3, -0.25) is 0 Å². The number of rotatable bonds is 7. The van der Waals surface area contributed by atoms with Crippen molar-refractivity contribution in [2.45, 2.75) is 13.3 Å². The smallest absolute Gasteiger partial charge is 0.143 e. The van der Waals surface area contributed by atoms with Crippen LogP contribution in [-0.4, -0.2) is 31.5 Å². The molecule has 0 atom stereocenters. The van der Waals surface area contributed by atoms with Gasteiger partial charge in [-0.05, 0) is 48.7 Å². The molecule has 5 aromatic rings. The number of anilines is 2. The highest BCUT2D eigenvalue weighted by Crippen LogP contribution is 2.35. The summed E-state index contributed by atoms with van der Waals surface area (Å²) in [7, 11) is 0. The quantitative estimate of drug-likeness (QED) is 0.313. The van der Waals surface area contributed by atoms with Crippen LogP contribution in [0.2, 0.25) is 0 Å². The molecule has 0 unspecified atom stereocenters. The number of aliphatic hydroxyl groups excluding tert-OH is 1. The number of thiazole rings is 1. The second kappa shape index (κ2) is 9.57. The van der Waals surface area contributed by atoms with E-state index in [0.717, 1.165) is 43.8 Å². The number of pyridine rings is 1. The molecule has 0 bridgehead atoms. The van der Waals surface area contributed by atoms with E-state index in [9.17, 15) is 10.4 Å². The summed E-state index contributed by atoms with van der Waals surface area (Å²) in [5.41, 5.74) is 5.67. The summed E-state index contributed by atoms with van der Waals surface area (Å²) in [6, 6.07) is 15.7. The Labute approximate surface area is 204 Å². The van der Waals surface area contributed by atoms with Crippen molar-refractivity contribution >= 4 is 34.2 Å². The monoisotopic (exact) mass is 484 g/mol. The zero-order valence-electron chi connectivity index (χ0n) is 18.3. The number of hydrogen-bond donors (Lipinski definition) is 2. The Bertz CT molecular complexity index is 1470. The summed E-state index contributed by atoms with van der Waals surface area (Å²) in [6.45, 7) is 1.90. The van der Waals surface area contributed by atoms with E-state index >= 15 is 0 Å². The zero-order chi connectivity index (χ0) is 23.5. The first-order valence-corrected chi connectivity index (χ1v) is 12.3. The van der Waals surface area contributed by atoms with Gasteiger partial charge in [0.15, 0.2) is 0 Å². The van der Waals surface area contributed by atoms with Crippen molar-refractivity contribution in [2.24, 2.45) is 0 Å². The van der Waals surface area contributed by atoms with Gasteiger partial charge in [0.2, 0.25) is 0 Å². The molecule has 2 N–H and O–H groups in total. The van der Waals surface area contributed by atoms with Gasteiger partial charge in [0, 0.05) is 58.2 Å². The Morgan fingerprint density at radius 3 is 2.79 bits per heavy atom. The van der Waals surface area contributed by atoms with Crippen LogP contribution in [0.3, 0.4) is 0 Å². The molecule has 0 saturated heterocycles. The van der Waals surface area contributed by atoms with E-state index in [1.807, 2.05) is 60.3 Å². The lowest BCUT2D eigenvalue weighted by Gasteiger charge is -2.18. The summed E-state index contributed by atoms with van der Waals surface area (Å²) in [5.74, 6) is 0.651. The van der Waals surface area contributed by atoms with Gasteiger partial charge in [-0.2, -0.15) is 10.4 Å². The number of nitrogens with one attached hydrogen (secondary N) is 1. The Morgan fingerprint density at radius 1 is 1.15 bits per heavy atom. The van der Waals surface area contributed by atoms with Crippen molar-refractivity contribution in [2.75, 3.05) is 11.9 Å². The van der Waals surface area contributed by atoms with Crippen molar-refractivity contribution in [3.05, 3.63) is 82.4 Å². The first kappa shape index (κ1) is 22.0. The molecule has 168 valence electrons. The Balaban J connectivity index is 1.60. The van der Waals surface area contributed by atoms with E-state index in [1.54, 1.807) is 28.3 Å². The largest absolute Gasteiger partial charge is 0.396 e. The molecule has 0 aliphatic heterocycles. The van der Waals surface area contributed by atoms with E-state index in [0.29, 0.717) is 17.8 Å². The van der Waals surface area contributed by atoms with Crippen LogP contribution in [-0.2, 0) is 6.42 Å². The van der Waals surface area contributed by atoms with Crippen molar-refractivity contribution in [1.29, 1.82) is 5.26 Å².